The average molecular weight is 729 g/mol. The predicted molar refractivity (Wildman–Crippen MR) is 173 cm³/mol. The van der Waals surface area contributed by atoms with E-state index in [-0.39, 0.29) is 68.3 Å². The molecule has 0 aromatic carbocycles. The van der Waals surface area contributed by atoms with Gasteiger partial charge in [0, 0.05) is 47.5 Å². The minimum Gasteiger partial charge on any atom is -0.550 e. The fraction of sp³-hybridized carbons (Fsp3) is 0.700. The number of nitrogens with two attached hydrogens (primary N) is 4. The first kappa shape index (κ1) is 47.6. The molecule has 0 rings (SSSR count). The Morgan fingerprint density at radius 2 is 0.882 bits per heavy atom. The van der Waals surface area contributed by atoms with Gasteiger partial charge in [0.1, 0.15) is 23.3 Å². The summed E-state index contributed by atoms with van der Waals surface area (Å²) in [4.78, 5) is 44.9. The Kier molecular flexibility index (Phi) is 22.9. The Labute approximate surface area is 294 Å². The SMILES string of the molecule is CC(C#N)CC(CC(CC(CC(C)C(=O)[O-])/C(N)=N/O)C(=O)[O-])/C(N)=N/O.CCC(CC(CC(CC(C)C(=O)O)/C(N)=N/O)C(=O)[O-])/C(N)=N/O. The van der Waals surface area contributed by atoms with E-state index in [1.165, 1.54) is 13.8 Å². The fourth-order valence-corrected chi connectivity index (χ4v) is 5.32. The number of hydrogen-bond acceptors (Lipinski definition) is 16. The minimum absolute atomic E-state index is 0.00930. The molecule has 0 spiro atoms. The number of aliphatic carboxylic acids is 4. The van der Waals surface area contributed by atoms with Crippen molar-refractivity contribution in [1.29, 1.82) is 5.26 Å². The van der Waals surface area contributed by atoms with E-state index >= 15 is 0 Å². The number of carbonyl (C=O) groups excluding carboxylic acids is 3. The second-order valence-corrected chi connectivity index (χ2v) is 12.5. The number of carboxylic acids is 4. The first-order valence-corrected chi connectivity index (χ1v) is 15.9. The van der Waals surface area contributed by atoms with Crippen molar-refractivity contribution in [3.63, 3.8) is 0 Å². The third kappa shape index (κ3) is 18.1. The lowest BCUT2D eigenvalue weighted by molar-refractivity contribution is -0.314. The summed E-state index contributed by atoms with van der Waals surface area (Å²) in [6.45, 7) is 6.16. The number of oxime groups is 4. The van der Waals surface area contributed by atoms with Crippen LogP contribution < -0.4 is 38.3 Å². The molecule has 0 saturated carbocycles. The maximum atomic E-state index is 11.6. The highest BCUT2D eigenvalue weighted by atomic mass is 16.4. The third-order valence-electron chi connectivity index (χ3n) is 8.53. The largest absolute Gasteiger partial charge is 0.550 e. The van der Waals surface area contributed by atoms with E-state index in [4.69, 9.17) is 54.1 Å². The number of nitrogens with zero attached hydrogens (tertiary/aromatic N) is 5. The molecule has 13 N–H and O–H groups in total. The van der Waals surface area contributed by atoms with Crippen molar-refractivity contribution in [3.05, 3.63) is 0 Å². The lowest BCUT2D eigenvalue weighted by Crippen LogP contribution is -2.40. The molecule has 0 saturated heterocycles. The number of hydrogen-bond donors (Lipinski definition) is 9. The normalized spacial score (nSPS) is 17.9. The fourth-order valence-electron chi connectivity index (χ4n) is 5.32. The molecule has 51 heavy (non-hydrogen) atoms. The summed E-state index contributed by atoms with van der Waals surface area (Å²) >= 11 is 0. The van der Waals surface area contributed by atoms with Gasteiger partial charge in [0.25, 0.3) is 0 Å². The van der Waals surface area contributed by atoms with Crippen molar-refractivity contribution >= 4 is 47.2 Å². The van der Waals surface area contributed by atoms with Gasteiger partial charge in [-0.3, -0.25) is 4.79 Å². The van der Waals surface area contributed by atoms with E-state index in [9.17, 15) is 34.5 Å². The Morgan fingerprint density at radius 1 is 0.569 bits per heavy atom. The van der Waals surface area contributed by atoms with Gasteiger partial charge in [-0.15, -0.1) is 0 Å². The summed E-state index contributed by atoms with van der Waals surface area (Å²) in [5.41, 5.74) is 22.3. The topological polar surface area (TPSA) is 416 Å². The van der Waals surface area contributed by atoms with E-state index in [2.05, 4.69) is 20.6 Å². The third-order valence-corrected chi connectivity index (χ3v) is 8.53. The molecule has 9 atom stereocenters. The molecule has 0 aliphatic rings. The predicted octanol–water partition coefficient (Wildman–Crippen LogP) is -2.44. The van der Waals surface area contributed by atoms with Crippen LogP contribution in [-0.2, 0) is 19.2 Å². The van der Waals surface area contributed by atoms with Crippen molar-refractivity contribution in [1.82, 2.24) is 0 Å². The van der Waals surface area contributed by atoms with Gasteiger partial charge in [-0.05, 0) is 76.0 Å². The van der Waals surface area contributed by atoms with Gasteiger partial charge in [-0.1, -0.05) is 41.4 Å². The van der Waals surface area contributed by atoms with Crippen LogP contribution in [0, 0.1) is 64.6 Å². The van der Waals surface area contributed by atoms with Crippen LogP contribution in [0.15, 0.2) is 20.6 Å². The molecule has 0 bridgehead atoms. The van der Waals surface area contributed by atoms with Crippen molar-refractivity contribution in [2.75, 3.05) is 0 Å². The van der Waals surface area contributed by atoms with Crippen LogP contribution in [-0.4, -0.2) is 73.2 Å². The van der Waals surface area contributed by atoms with Crippen molar-refractivity contribution < 1.29 is 60.4 Å². The molecule has 9 unspecified atom stereocenters. The molecule has 0 heterocycles. The molecule has 290 valence electrons. The number of carbonyl (C=O) groups is 4. The number of carboxylic acid groups (broad SMARTS) is 4. The van der Waals surface area contributed by atoms with Crippen molar-refractivity contribution in [3.8, 4) is 6.07 Å². The smallest absolute Gasteiger partial charge is 0.306 e. The summed E-state index contributed by atoms with van der Waals surface area (Å²) in [5, 5.41) is 98.7. The highest BCUT2D eigenvalue weighted by molar-refractivity contribution is 5.85. The van der Waals surface area contributed by atoms with Crippen molar-refractivity contribution in [2.45, 2.75) is 79.1 Å². The van der Waals surface area contributed by atoms with Gasteiger partial charge in [-0.2, -0.15) is 5.26 Å². The van der Waals surface area contributed by atoms with Gasteiger partial charge in [0.2, 0.25) is 0 Å². The lowest BCUT2D eigenvalue weighted by Gasteiger charge is -2.28. The summed E-state index contributed by atoms with van der Waals surface area (Å²) in [7, 11) is 0. The van der Waals surface area contributed by atoms with E-state index in [1.54, 1.807) is 13.8 Å². The molecule has 0 aliphatic heterocycles. The molecule has 21 heteroatoms. The Hall–Kier alpha value is -5.55. The molecule has 0 fully saturated rings. The zero-order valence-corrected chi connectivity index (χ0v) is 29.0. The molecular weight excluding hydrogens is 678 g/mol. The standard InChI is InChI=1S/C16H27N5O6.C14H26N4O6/c1-8(7-17)3-10(13(18)20-26)5-12(16(24)25)6-11(14(19)21-27)4-9(2)15(22)23;1-3-8(11(15)17-23)5-10(14(21)22)6-9(12(16)18-24)4-7(2)13(19)20/h8-12,26-27H,3-6H2,1-2H3,(H2,18,20)(H2,19,21)(H,22,23)(H,24,25);7-10,23-24H,3-6H2,1-2H3,(H2,15,17)(H2,16,18)(H,19,20)(H,21,22)/p-3. The van der Waals surface area contributed by atoms with Crippen LogP contribution in [0.5, 0.6) is 0 Å². The molecule has 0 aromatic heterocycles. The van der Waals surface area contributed by atoms with Gasteiger partial charge >= 0.3 is 5.97 Å². The molecule has 0 amide bonds. The van der Waals surface area contributed by atoms with E-state index < -0.39 is 77.1 Å². The first-order valence-electron chi connectivity index (χ1n) is 15.9. The van der Waals surface area contributed by atoms with Crippen LogP contribution in [0.25, 0.3) is 0 Å². The quantitative estimate of drug-likeness (QED) is 0.0228. The molecule has 0 aliphatic carbocycles. The molecular formula is C30H50N9O12-3. The van der Waals surface area contributed by atoms with Crippen LogP contribution in [0.3, 0.4) is 0 Å². The van der Waals surface area contributed by atoms with E-state index in [0.29, 0.717) is 6.42 Å². The van der Waals surface area contributed by atoms with Gasteiger partial charge in [-0.25, -0.2) is 0 Å². The van der Waals surface area contributed by atoms with Crippen LogP contribution in [0.4, 0.5) is 0 Å². The van der Waals surface area contributed by atoms with Crippen molar-refractivity contribution in [2.24, 2.45) is 96.8 Å². The second-order valence-electron chi connectivity index (χ2n) is 12.5. The lowest BCUT2D eigenvalue weighted by atomic mass is 9.80. The van der Waals surface area contributed by atoms with E-state index in [1.807, 2.05) is 6.07 Å². The zero-order valence-electron chi connectivity index (χ0n) is 29.0. The average Bonchev–Trinajstić information content (AvgIpc) is 3.09. The summed E-state index contributed by atoms with van der Waals surface area (Å²) in [6.07, 6.45) is 0.140. The molecule has 0 aromatic rings. The van der Waals surface area contributed by atoms with Gasteiger partial charge in [0.05, 0.1) is 12.0 Å². The molecule has 21 nitrogen and oxygen atoms in total. The van der Waals surface area contributed by atoms with Gasteiger partial charge in [0.15, 0.2) is 0 Å². The van der Waals surface area contributed by atoms with Crippen LogP contribution in [0.1, 0.15) is 79.1 Å². The number of amidine groups is 4. The van der Waals surface area contributed by atoms with E-state index in [0.717, 1.165) is 0 Å². The Bertz CT molecular complexity index is 1300. The monoisotopic (exact) mass is 728 g/mol. The zero-order chi connectivity index (χ0) is 40.0. The Balaban J connectivity index is 0. The van der Waals surface area contributed by atoms with Gasteiger partial charge < -0.3 is 78.6 Å². The Morgan fingerprint density at radius 3 is 1.16 bits per heavy atom. The highest BCUT2D eigenvalue weighted by Gasteiger charge is 2.29. The summed E-state index contributed by atoms with van der Waals surface area (Å²) < 4.78 is 0. The van der Waals surface area contributed by atoms with Crippen LogP contribution >= 0.6 is 0 Å². The molecule has 0 radical (unpaired) electrons. The highest BCUT2D eigenvalue weighted by Crippen LogP contribution is 2.29. The minimum atomic E-state index is -1.45. The second kappa shape index (κ2) is 24.6. The summed E-state index contributed by atoms with van der Waals surface area (Å²) in [6, 6.07) is 1.98. The number of rotatable bonds is 23. The maximum absolute atomic E-state index is 11.6. The maximum Gasteiger partial charge on any atom is 0.306 e. The first-order chi connectivity index (χ1) is 23.7. The summed E-state index contributed by atoms with van der Waals surface area (Å²) in [5.74, 6) is -13.4. The number of nitriles is 1. The van der Waals surface area contributed by atoms with Crippen LogP contribution in [0.2, 0.25) is 0 Å².